The lowest BCUT2D eigenvalue weighted by Crippen LogP contribution is -2.38. The molecule has 0 aromatic heterocycles. The predicted molar refractivity (Wildman–Crippen MR) is 104 cm³/mol. The Morgan fingerprint density at radius 2 is 1.04 bits per heavy atom. The molecule has 0 aromatic carbocycles. The molecule has 0 aromatic rings. The third-order valence-corrected chi connectivity index (χ3v) is 6.22. The normalized spacial score (nSPS) is 32.3. The first-order chi connectivity index (χ1) is 12.1. The number of aliphatic hydroxyl groups excluding tert-OH is 4. The number of hydrogen-bond acceptors (Lipinski definition) is 5. The van der Waals surface area contributed by atoms with Crippen LogP contribution in [0.4, 0.5) is 0 Å². The van der Waals surface area contributed by atoms with Crippen LogP contribution in [0.2, 0.25) is 0 Å². The molecule has 0 aliphatic heterocycles. The Morgan fingerprint density at radius 3 is 1.31 bits per heavy atom. The van der Waals surface area contributed by atoms with Crippen molar-refractivity contribution < 1.29 is 25.2 Å². The van der Waals surface area contributed by atoms with Gasteiger partial charge in [-0.05, 0) is 82.5 Å². The molecule has 2 aliphatic rings. The molecule has 0 saturated heterocycles. The summed E-state index contributed by atoms with van der Waals surface area (Å²) in [6, 6.07) is 0. The van der Waals surface area contributed by atoms with E-state index in [1.807, 2.05) is 0 Å². The van der Waals surface area contributed by atoms with E-state index in [4.69, 9.17) is 14.9 Å². The van der Waals surface area contributed by atoms with E-state index in [9.17, 15) is 10.2 Å². The van der Waals surface area contributed by atoms with Gasteiger partial charge < -0.3 is 25.2 Å². The molecule has 4 N–H and O–H groups in total. The van der Waals surface area contributed by atoms with Crippen LogP contribution in [0.15, 0.2) is 0 Å². The highest BCUT2D eigenvalue weighted by Crippen LogP contribution is 2.48. The van der Waals surface area contributed by atoms with Gasteiger partial charge in [-0.3, -0.25) is 0 Å². The second-order valence-corrected chi connectivity index (χ2v) is 9.07. The summed E-state index contributed by atoms with van der Waals surface area (Å²) in [5.74, 6) is 1.54. The van der Waals surface area contributed by atoms with Gasteiger partial charge in [0.2, 0.25) is 0 Å². The highest BCUT2D eigenvalue weighted by atomic mass is 16.5. The first-order valence-corrected chi connectivity index (χ1v) is 10.4. The molecule has 0 spiro atoms. The minimum Gasteiger partial charge on any atom is -0.393 e. The molecule has 5 nitrogen and oxygen atoms in total. The van der Waals surface area contributed by atoms with E-state index in [1.165, 1.54) is 25.7 Å². The maximum atomic E-state index is 9.60. The summed E-state index contributed by atoms with van der Waals surface area (Å²) in [5.41, 5.74) is 0.389. The van der Waals surface area contributed by atoms with E-state index in [0.29, 0.717) is 18.6 Å². The van der Waals surface area contributed by atoms with Crippen LogP contribution in [-0.4, -0.2) is 58.1 Å². The monoisotopic (exact) mass is 374 g/mol. The molecule has 2 atom stereocenters. The van der Waals surface area contributed by atoms with Crippen molar-refractivity contribution in [3.05, 3.63) is 0 Å². The van der Waals surface area contributed by atoms with Crippen molar-refractivity contribution in [1.82, 2.24) is 0 Å². The Kier molecular flexibility index (Phi) is 10.6. The molecule has 0 radical (unpaired) electrons. The summed E-state index contributed by atoms with van der Waals surface area (Å²) in [6.45, 7) is 8.70. The van der Waals surface area contributed by atoms with Crippen LogP contribution in [0.3, 0.4) is 0 Å². The molecular weight excluding hydrogens is 332 g/mol. The summed E-state index contributed by atoms with van der Waals surface area (Å²) < 4.78 is 4.86. The van der Waals surface area contributed by atoms with Crippen LogP contribution < -0.4 is 0 Å². The fourth-order valence-corrected chi connectivity index (χ4v) is 4.38. The Labute approximate surface area is 159 Å². The Morgan fingerprint density at radius 1 is 0.731 bits per heavy atom. The topological polar surface area (TPSA) is 90.2 Å². The molecule has 2 fully saturated rings. The molecule has 2 aliphatic carbocycles. The zero-order chi connectivity index (χ0) is 19.7. The Bertz CT molecular complexity index is 321. The first kappa shape index (κ1) is 23.8. The minimum atomic E-state index is -0.441. The van der Waals surface area contributed by atoms with Gasteiger partial charge >= 0.3 is 0 Å². The summed E-state index contributed by atoms with van der Waals surface area (Å²) in [5, 5.41) is 36.5. The molecule has 2 unspecified atom stereocenters. The SMILES string of the molecule is CC(C)(C1CCC(O)CC1)C1CCC(O)CC1.CC(O)COCC(C)O. The molecule has 0 amide bonds. The van der Waals surface area contributed by atoms with Crippen LogP contribution in [0.25, 0.3) is 0 Å². The lowest BCUT2D eigenvalue weighted by molar-refractivity contribution is 0.00230. The number of ether oxygens (including phenoxy) is 1. The second kappa shape index (κ2) is 11.6. The third-order valence-electron chi connectivity index (χ3n) is 6.22. The van der Waals surface area contributed by atoms with Gasteiger partial charge in [-0.25, -0.2) is 0 Å². The molecule has 2 rings (SSSR count). The van der Waals surface area contributed by atoms with Gasteiger partial charge in [0.25, 0.3) is 0 Å². The summed E-state index contributed by atoms with van der Waals surface area (Å²) in [4.78, 5) is 0. The van der Waals surface area contributed by atoms with Crippen molar-refractivity contribution in [2.75, 3.05) is 13.2 Å². The first-order valence-electron chi connectivity index (χ1n) is 10.4. The maximum Gasteiger partial charge on any atom is 0.0745 e. The fraction of sp³-hybridized carbons (Fsp3) is 1.00. The highest BCUT2D eigenvalue weighted by molar-refractivity contribution is 4.90. The number of hydrogen-bond donors (Lipinski definition) is 4. The van der Waals surface area contributed by atoms with E-state index in [-0.39, 0.29) is 12.2 Å². The second-order valence-electron chi connectivity index (χ2n) is 9.07. The zero-order valence-electron chi connectivity index (χ0n) is 17.2. The molecule has 0 bridgehead atoms. The Hall–Kier alpha value is -0.200. The van der Waals surface area contributed by atoms with Crippen LogP contribution in [0.5, 0.6) is 0 Å². The van der Waals surface area contributed by atoms with E-state index in [1.54, 1.807) is 13.8 Å². The quantitative estimate of drug-likeness (QED) is 0.574. The molecule has 2 saturated carbocycles. The van der Waals surface area contributed by atoms with Gasteiger partial charge in [0.1, 0.15) is 0 Å². The standard InChI is InChI=1S/C15H28O2.C6H14O3/c1-15(2,11-3-7-13(16)8-4-11)12-5-9-14(17)10-6-12;1-5(7)3-9-4-6(2)8/h11-14,16-17H,3-10H2,1-2H3;5-8H,3-4H2,1-2H3. The summed E-state index contributed by atoms with van der Waals surface area (Å²) in [6.07, 6.45) is 7.73. The van der Waals surface area contributed by atoms with Crippen molar-refractivity contribution in [3.8, 4) is 0 Å². The summed E-state index contributed by atoms with van der Waals surface area (Å²) >= 11 is 0. The van der Waals surface area contributed by atoms with Crippen molar-refractivity contribution in [2.24, 2.45) is 17.3 Å². The third kappa shape index (κ3) is 8.66. The molecular formula is C21H42O5. The number of rotatable bonds is 6. The van der Waals surface area contributed by atoms with Crippen molar-refractivity contribution >= 4 is 0 Å². The van der Waals surface area contributed by atoms with Crippen molar-refractivity contribution in [3.63, 3.8) is 0 Å². The fourth-order valence-electron chi connectivity index (χ4n) is 4.38. The average Bonchev–Trinajstić information content (AvgIpc) is 2.55. The van der Waals surface area contributed by atoms with E-state index in [0.717, 1.165) is 37.5 Å². The Balaban J connectivity index is 0.000000321. The van der Waals surface area contributed by atoms with Crippen LogP contribution in [0.1, 0.15) is 79.1 Å². The number of aliphatic hydroxyl groups is 4. The van der Waals surface area contributed by atoms with E-state index in [2.05, 4.69) is 13.8 Å². The minimum absolute atomic E-state index is 0.0461. The highest BCUT2D eigenvalue weighted by Gasteiger charge is 2.39. The van der Waals surface area contributed by atoms with Gasteiger partial charge in [-0.1, -0.05) is 13.8 Å². The van der Waals surface area contributed by atoms with E-state index < -0.39 is 12.2 Å². The molecule has 5 heteroatoms. The van der Waals surface area contributed by atoms with Crippen molar-refractivity contribution in [1.29, 1.82) is 0 Å². The van der Waals surface area contributed by atoms with Crippen LogP contribution in [-0.2, 0) is 4.74 Å². The van der Waals surface area contributed by atoms with Crippen LogP contribution in [0, 0.1) is 17.3 Å². The largest absolute Gasteiger partial charge is 0.393 e. The lowest BCUT2D eigenvalue weighted by Gasteiger charge is -2.46. The molecule has 26 heavy (non-hydrogen) atoms. The average molecular weight is 375 g/mol. The summed E-state index contributed by atoms with van der Waals surface area (Å²) in [7, 11) is 0. The van der Waals surface area contributed by atoms with Gasteiger partial charge in [0, 0.05) is 0 Å². The van der Waals surface area contributed by atoms with Crippen LogP contribution >= 0.6 is 0 Å². The van der Waals surface area contributed by atoms with Crippen molar-refractivity contribution in [2.45, 2.75) is 103 Å². The van der Waals surface area contributed by atoms with Gasteiger partial charge in [-0.2, -0.15) is 0 Å². The van der Waals surface area contributed by atoms with Gasteiger partial charge in [-0.15, -0.1) is 0 Å². The predicted octanol–water partition coefficient (Wildman–Crippen LogP) is 2.88. The maximum absolute atomic E-state index is 9.60. The smallest absolute Gasteiger partial charge is 0.0745 e. The zero-order valence-corrected chi connectivity index (χ0v) is 17.2. The van der Waals surface area contributed by atoms with Gasteiger partial charge in [0.05, 0.1) is 37.6 Å². The van der Waals surface area contributed by atoms with Gasteiger partial charge in [0.15, 0.2) is 0 Å². The molecule has 0 heterocycles. The molecule has 156 valence electrons. The lowest BCUT2D eigenvalue weighted by atomic mass is 9.60. The van der Waals surface area contributed by atoms with E-state index >= 15 is 0 Å².